The second-order valence-corrected chi connectivity index (χ2v) is 3.65. The Morgan fingerprint density at radius 2 is 2.25 bits per heavy atom. The minimum absolute atomic E-state index is 0.320. The Balaban J connectivity index is 2.19. The molecule has 1 aliphatic heterocycles. The summed E-state index contributed by atoms with van der Waals surface area (Å²) in [5.74, 6) is -0.320. The summed E-state index contributed by atoms with van der Waals surface area (Å²) >= 11 is 0. The number of ether oxygens (including phenoxy) is 1. The lowest BCUT2D eigenvalue weighted by Gasteiger charge is -2.15. The SMILES string of the molecule is NCc1ccc(F)cc1CN1CCOC1=O. The van der Waals surface area contributed by atoms with E-state index in [-0.39, 0.29) is 11.9 Å². The molecule has 1 aromatic rings. The third kappa shape index (κ3) is 2.14. The van der Waals surface area contributed by atoms with E-state index in [0.29, 0.717) is 26.2 Å². The van der Waals surface area contributed by atoms with E-state index in [1.807, 2.05) is 0 Å². The fourth-order valence-corrected chi connectivity index (χ4v) is 1.72. The Hall–Kier alpha value is -1.62. The topological polar surface area (TPSA) is 55.6 Å². The van der Waals surface area contributed by atoms with Gasteiger partial charge in [-0.1, -0.05) is 6.07 Å². The van der Waals surface area contributed by atoms with E-state index in [1.54, 1.807) is 6.07 Å². The van der Waals surface area contributed by atoms with Gasteiger partial charge in [-0.25, -0.2) is 9.18 Å². The summed E-state index contributed by atoms with van der Waals surface area (Å²) in [5, 5.41) is 0. The van der Waals surface area contributed by atoms with Crippen LogP contribution in [0, 0.1) is 5.82 Å². The summed E-state index contributed by atoms with van der Waals surface area (Å²) in [6.07, 6.45) is -0.354. The van der Waals surface area contributed by atoms with Gasteiger partial charge in [-0.05, 0) is 23.3 Å². The van der Waals surface area contributed by atoms with E-state index in [0.717, 1.165) is 11.1 Å². The fraction of sp³-hybridized carbons (Fsp3) is 0.364. The summed E-state index contributed by atoms with van der Waals surface area (Å²) in [7, 11) is 0. The summed E-state index contributed by atoms with van der Waals surface area (Å²) in [6.45, 7) is 1.62. The van der Waals surface area contributed by atoms with Gasteiger partial charge in [-0.2, -0.15) is 0 Å². The third-order valence-corrected chi connectivity index (χ3v) is 2.59. The summed E-state index contributed by atoms with van der Waals surface area (Å²) in [4.78, 5) is 12.8. The number of rotatable bonds is 3. The number of carbonyl (C=O) groups excluding carboxylic acids is 1. The van der Waals surface area contributed by atoms with Crippen molar-refractivity contribution in [2.75, 3.05) is 13.2 Å². The van der Waals surface area contributed by atoms with Crippen molar-refractivity contribution in [3.8, 4) is 0 Å². The van der Waals surface area contributed by atoms with Gasteiger partial charge in [0.15, 0.2) is 0 Å². The van der Waals surface area contributed by atoms with Gasteiger partial charge in [-0.15, -0.1) is 0 Å². The van der Waals surface area contributed by atoms with Crippen LogP contribution < -0.4 is 5.73 Å². The van der Waals surface area contributed by atoms with E-state index >= 15 is 0 Å². The number of halogens is 1. The van der Waals surface area contributed by atoms with Crippen LogP contribution in [0.2, 0.25) is 0 Å². The van der Waals surface area contributed by atoms with Crippen LogP contribution in [-0.4, -0.2) is 24.1 Å². The molecule has 1 amide bonds. The standard InChI is InChI=1S/C11H13FN2O2/c12-10-2-1-8(6-13)9(5-10)7-14-3-4-16-11(14)15/h1-2,5H,3-4,6-7,13H2. The molecular formula is C11H13FN2O2. The van der Waals surface area contributed by atoms with E-state index < -0.39 is 0 Å². The monoisotopic (exact) mass is 224 g/mol. The van der Waals surface area contributed by atoms with Crippen LogP contribution in [0.3, 0.4) is 0 Å². The maximum atomic E-state index is 13.1. The van der Waals surface area contributed by atoms with Gasteiger partial charge in [0, 0.05) is 13.1 Å². The molecule has 0 aromatic heterocycles. The van der Waals surface area contributed by atoms with Gasteiger partial charge >= 0.3 is 6.09 Å². The van der Waals surface area contributed by atoms with Crippen LogP contribution in [0.15, 0.2) is 18.2 Å². The molecule has 16 heavy (non-hydrogen) atoms. The van der Waals surface area contributed by atoms with Crippen LogP contribution in [0.4, 0.5) is 9.18 Å². The number of cyclic esters (lactones) is 1. The smallest absolute Gasteiger partial charge is 0.410 e. The highest BCUT2D eigenvalue weighted by Crippen LogP contribution is 2.16. The molecule has 1 aromatic carbocycles. The number of nitrogens with zero attached hydrogens (tertiary/aromatic N) is 1. The quantitative estimate of drug-likeness (QED) is 0.840. The molecule has 1 aliphatic rings. The Bertz CT molecular complexity index is 409. The first kappa shape index (κ1) is 10.9. The minimum Gasteiger partial charge on any atom is -0.448 e. The van der Waals surface area contributed by atoms with E-state index in [1.165, 1.54) is 17.0 Å². The van der Waals surface area contributed by atoms with E-state index in [9.17, 15) is 9.18 Å². The molecule has 1 heterocycles. The van der Waals surface area contributed by atoms with Crippen molar-refractivity contribution in [1.82, 2.24) is 4.90 Å². The summed E-state index contributed by atoms with van der Waals surface area (Å²) in [6, 6.07) is 4.42. The lowest BCUT2D eigenvalue weighted by molar-refractivity contribution is 0.157. The number of nitrogens with two attached hydrogens (primary N) is 1. The largest absolute Gasteiger partial charge is 0.448 e. The first-order valence-corrected chi connectivity index (χ1v) is 5.10. The van der Waals surface area contributed by atoms with Crippen molar-refractivity contribution in [2.24, 2.45) is 5.73 Å². The molecule has 0 radical (unpaired) electrons. The molecule has 1 fully saturated rings. The van der Waals surface area contributed by atoms with Crippen LogP contribution in [0.1, 0.15) is 11.1 Å². The minimum atomic E-state index is -0.354. The van der Waals surface area contributed by atoms with Crippen molar-refractivity contribution in [3.63, 3.8) is 0 Å². The molecule has 0 spiro atoms. The average molecular weight is 224 g/mol. The van der Waals surface area contributed by atoms with Crippen LogP contribution in [0.25, 0.3) is 0 Å². The summed E-state index contributed by atoms with van der Waals surface area (Å²) < 4.78 is 17.9. The molecule has 0 bridgehead atoms. The van der Waals surface area contributed by atoms with Gasteiger partial charge < -0.3 is 15.4 Å². The molecule has 2 rings (SSSR count). The van der Waals surface area contributed by atoms with Crippen molar-refractivity contribution in [2.45, 2.75) is 13.1 Å². The average Bonchev–Trinajstić information content (AvgIpc) is 2.65. The Morgan fingerprint density at radius 1 is 1.44 bits per heavy atom. The molecule has 86 valence electrons. The molecule has 2 N–H and O–H groups in total. The lowest BCUT2D eigenvalue weighted by Crippen LogP contribution is -2.24. The highest BCUT2D eigenvalue weighted by molar-refractivity contribution is 5.69. The zero-order chi connectivity index (χ0) is 11.5. The van der Waals surface area contributed by atoms with Crippen molar-refractivity contribution < 1.29 is 13.9 Å². The van der Waals surface area contributed by atoms with Gasteiger partial charge in [-0.3, -0.25) is 0 Å². The van der Waals surface area contributed by atoms with Gasteiger partial charge in [0.2, 0.25) is 0 Å². The van der Waals surface area contributed by atoms with Crippen molar-refractivity contribution >= 4 is 6.09 Å². The van der Waals surface area contributed by atoms with Gasteiger partial charge in [0.05, 0.1) is 6.54 Å². The second kappa shape index (κ2) is 4.49. The summed E-state index contributed by atoms with van der Waals surface area (Å²) in [5.41, 5.74) is 7.14. The molecule has 0 saturated carbocycles. The molecule has 0 unspecified atom stereocenters. The van der Waals surface area contributed by atoms with Crippen molar-refractivity contribution in [3.05, 3.63) is 35.1 Å². The van der Waals surface area contributed by atoms with E-state index in [4.69, 9.17) is 10.5 Å². The first-order valence-electron chi connectivity index (χ1n) is 5.10. The Morgan fingerprint density at radius 3 is 2.88 bits per heavy atom. The maximum absolute atomic E-state index is 13.1. The van der Waals surface area contributed by atoms with Crippen LogP contribution in [0.5, 0.6) is 0 Å². The predicted molar refractivity (Wildman–Crippen MR) is 56.0 cm³/mol. The fourth-order valence-electron chi connectivity index (χ4n) is 1.72. The predicted octanol–water partition coefficient (Wildman–Crippen LogP) is 1.24. The van der Waals surface area contributed by atoms with Gasteiger partial charge in [0.1, 0.15) is 12.4 Å². The lowest BCUT2D eigenvalue weighted by atomic mass is 10.1. The number of benzene rings is 1. The first-order chi connectivity index (χ1) is 7.70. The van der Waals surface area contributed by atoms with Crippen LogP contribution in [-0.2, 0) is 17.8 Å². The number of hydrogen-bond donors (Lipinski definition) is 1. The highest BCUT2D eigenvalue weighted by atomic mass is 19.1. The Kier molecular flexibility index (Phi) is 3.05. The molecule has 1 saturated heterocycles. The zero-order valence-corrected chi connectivity index (χ0v) is 8.78. The number of hydrogen-bond acceptors (Lipinski definition) is 3. The van der Waals surface area contributed by atoms with Crippen molar-refractivity contribution in [1.29, 1.82) is 0 Å². The maximum Gasteiger partial charge on any atom is 0.410 e. The van der Waals surface area contributed by atoms with Crippen LogP contribution >= 0.6 is 0 Å². The number of carbonyl (C=O) groups is 1. The Labute approximate surface area is 92.8 Å². The molecule has 4 nitrogen and oxygen atoms in total. The molecule has 5 heteroatoms. The normalized spacial score (nSPS) is 15.4. The highest BCUT2D eigenvalue weighted by Gasteiger charge is 2.22. The van der Waals surface area contributed by atoms with E-state index in [2.05, 4.69) is 0 Å². The second-order valence-electron chi connectivity index (χ2n) is 3.65. The molecule has 0 atom stereocenters. The number of amides is 1. The van der Waals surface area contributed by atoms with Gasteiger partial charge in [0.25, 0.3) is 0 Å². The third-order valence-electron chi connectivity index (χ3n) is 2.59. The molecule has 0 aliphatic carbocycles. The molecular weight excluding hydrogens is 211 g/mol. The zero-order valence-electron chi connectivity index (χ0n) is 8.78.